The zero-order valence-electron chi connectivity index (χ0n) is 8.10. The highest BCUT2D eigenvalue weighted by atomic mass is 19.3. The standard InChI is InChI=1S/C8H17FN2O2/c1-7(2)10-4-3-8(12)11-5-6-13-9/h7,10H,3-6H2,1-2H3,(H,11,12). The van der Waals surface area contributed by atoms with Gasteiger partial charge in [-0.2, -0.15) is 4.94 Å². The highest BCUT2D eigenvalue weighted by Crippen LogP contribution is 1.81. The summed E-state index contributed by atoms with van der Waals surface area (Å²) >= 11 is 0. The molecule has 0 unspecified atom stereocenters. The van der Waals surface area contributed by atoms with Gasteiger partial charge in [0, 0.05) is 25.6 Å². The minimum Gasteiger partial charge on any atom is -0.354 e. The molecular formula is C8H17FN2O2. The molecule has 4 nitrogen and oxygen atoms in total. The van der Waals surface area contributed by atoms with Gasteiger partial charge in [-0.15, -0.1) is 0 Å². The molecule has 78 valence electrons. The smallest absolute Gasteiger partial charge is 0.221 e. The van der Waals surface area contributed by atoms with Crippen molar-refractivity contribution in [2.45, 2.75) is 26.3 Å². The van der Waals surface area contributed by atoms with Gasteiger partial charge < -0.3 is 10.6 Å². The quantitative estimate of drug-likeness (QED) is 0.574. The average molecular weight is 192 g/mol. The van der Waals surface area contributed by atoms with Crippen LogP contribution in [0.1, 0.15) is 20.3 Å². The fraction of sp³-hybridized carbons (Fsp3) is 0.875. The van der Waals surface area contributed by atoms with Gasteiger partial charge in [-0.3, -0.25) is 4.79 Å². The fourth-order valence-corrected chi connectivity index (χ4v) is 0.792. The monoisotopic (exact) mass is 192 g/mol. The summed E-state index contributed by atoms with van der Waals surface area (Å²) < 4.78 is 11.1. The van der Waals surface area contributed by atoms with Crippen LogP contribution < -0.4 is 10.6 Å². The lowest BCUT2D eigenvalue weighted by molar-refractivity contribution is -0.134. The number of carbonyl (C=O) groups is 1. The lowest BCUT2D eigenvalue weighted by atomic mass is 10.3. The predicted octanol–water partition coefficient (Wildman–Crippen LogP) is 0.392. The molecule has 0 aromatic rings. The van der Waals surface area contributed by atoms with E-state index in [0.717, 1.165) is 0 Å². The summed E-state index contributed by atoms with van der Waals surface area (Å²) in [5.41, 5.74) is 0. The molecule has 0 bridgehead atoms. The Morgan fingerprint density at radius 3 is 2.69 bits per heavy atom. The molecule has 0 aliphatic rings. The van der Waals surface area contributed by atoms with Gasteiger partial charge >= 0.3 is 0 Å². The molecule has 0 aliphatic carbocycles. The molecule has 0 aromatic heterocycles. The van der Waals surface area contributed by atoms with Crippen LogP contribution >= 0.6 is 0 Å². The summed E-state index contributed by atoms with van der Waals surface area (Å²) in [6.07, 6.45) is 0.407. The van der Waals surface area contributed by atoms with Crippen molar-refractivity contribution in [1.29, 1.82) is 0 Å². The van der Waals surface area contributed by atoms with Crippen molar-refractivity contribution >= 4 is 5.91 Å². The van der Waals surface area contributed by atoms with E-state index in [1.54, 1.807) is 0 Å². The molecule has 0 radical (unpaired) electrons. The zero-order valence-corrected chi connectivity index (χ0v) is 8.10. The minimum atomic E-state index is -0.0939. The van der Waals surface area contributed by atoms with Crippen molar-refractivity contribution in [3.63, 3.8) is 0 Å². The topological polar surface area (TPSA) is 50.4 Å². The van der Waals surface area contributed by atoms with Crippen LogP contribution in [-0.2, 0) is 9.74 Å². The first-order valence-corrected chi connectivity index (χ1v) is 4.40. The Labute approximate surface area is 77.7 Å². The van der Waals surface area contributed by atoms with Crippen LogP contribution in [0.5, 0.6) is 0 Å². The maximum Gasteiger partial charge on any atom is 0.221 e. The predicted molar refractivity (Wildman–Crippen MR) is 47.8 cm³/mol. The van der Waals surface area contributed by atoms with E-state index in [9.17, 15) is 9.32 Å². The Morgan fingerprint density at radius 2 is 2.15 bits per heavy atom. The van der Waals surface area contributed by atoms with Crippen molar-refractivity contribution in [2.75, 3.05) is 19.7 Å². The second-order valence-electron chi connectivity index (χ2n) is 3.02. The van der Waals surface area contributed by atoms with Gasteiger partial charge in [0.05, 0.1) is 0 Å². The van der Waals surface area contributed by atoms with Gasteiger partial charge in [0.25, 0.3) is 0 Å². The van der Waals surface area contributed by atoms with E-state index in [4.69, 9.17) is 0 Å². The number of rotatable bonds is 7. The van der Waals surface area contributed by atoms with Crippen LogP contribution in [0, 0.1) is 0 Å². The number of hydrogen-bond donors (Lipinski definition) is 2. The molecule has 0 atom stereocenters. The molecular weight excluding hydrogens is 175 g/mol. The average Bonchev–Trinajstić information content (AvgIpc) is 2.04. The Bertz CT molecular complexity index is 142. The lowest BCUT2D eigenvalue weighted by Gasteiger charge is -2.07. The summed E-state index contributed by atoms with van der Waals surface area (Å²) in [6.45, 7) is 4.78. The van der Waals surface area contributed by atoms with Gasteiger partial charge in [0.2, 0.25) is 5.91 Å². The van der Waals surface area contributed by atoms with Gasteiger partial charge in [-0.05, 0) is 4.53 Å². The molecule has 0 fully saturated rings. The molecule has 0 aromatic carbocycles. The first-order valence-electron chi connectivity index (χ1n) is 4.40. The third kappa shape index (κ3) is 9.23. The molecule has 5 heteroatoms. The SMILES string of the molecule is CC(C)NCCC(=O)NCCOF. The molecule has 0 rings (SSSR count). The van der Waals surface area contributed by atoms with Crippen molar-refractivity contribution in [1.82, 2.24) is 10.6 Å². The Hall–Kier alpha value is -0.680. The van der Waals surface area contributed by atoms with Crippen LogP contribution in [0.2, 0.25) is 0 Å². The van der Waals surface area contributed by atoms with E-state index in [0.29, 0.717) is 19.0 Å². The van der Waals surface area contributed by atoms with Crippen LogP contribution in [-0.4, -0.2) is 31.6 Å². The number of hydrogen-bond acceptors (Lipinski definition) is 3. The van der Waals surface area contributed by atoms with E-state index in [1.807, 2.05) is 13.8 Å². The third-order valence-electron chi connectivity index (χ3n) is 1.41. The van der Waals surface area contributed by atoms with Crippen molar-refractivity contribution in [3.8, 4) is 0 Å². The molecule has 0 saturated heterocycles. The highest BCUT2D eigenvalue weighted by molar-refractivity contribution is 5.75. The number of halogens is 1. The van der Waals surface area contributed by atoms with Crippen molar-refractivity contribution in [3.05, 3.63) is 0 Å². The maximum atomic E-state index is 11.1. The largest absolute Gasteiger partial charge is 0.354 e. The third-order valence-corrected chi connectivity index (χ3v) is 1.41. The summed E-state index contributed by atoms with van der Waals surface area (Å²) in [5.74, 6) is -0.0924. The first kappa shape index (κ1) is 12.3. The molecule has 0 aliphatic heterocycles. The number of amides is 1. The summed E-state index contributed by atoms with van der Waals surface area (Å²) in [5, 5.41) is 5.61. The first-order chi connectivity index (χ1) is 6.16. The Morgan fingerprint density at radius 1 is 1.46 bits per heavy atom. The van der Waals surface area contributed by atoms with E-state index < -0.39 is 0 Å². The van der Waals surface area contributed by atoms with Crippen molar-refractivity contribution < 1.29 is 14.3 Å². The molecule has 0 heterocycles. The molecule has 0 spiro atoms. The summed E-state index contributed by atoms with van der Waals surface area (Å²) in [4.78, 5) is 14.3. The Balaban J connectivity index is 3.20. The summed E-state index contributed by atoms with van der Waals surface area (Å²) in [7, 11) is 0. The second-order valence-corrected chi connectivity index (χ2v) is 3.02. The van der Waals surface area contributed by atoms with Gasteiger partial charge in [-0.1, -0.05) is 13.8 Å². The van der Waals surface area contributed by atoms with Crippen LogP contribution in [0.3, 0.4) is 0 Å². The molecule has 13 heavy (non-hydrogen) atoms. The van der Waals surface area contributed by atoms with E-state index in [-0.39, 0.29) is 19.1 Å². The fourth-order valence-electron chi connectivity index (χ4n) is 0.792. The lowest BCUT2D eigenvalue weighted by Crippen LogP contribution is -2.31. The maximum absolute atomic E-state index is 11.1. The minimum absolute atomic E-state index is 0.0924. The van der Waals surface area contributed by atoms with E-state index in [2.05, 4.69) is 15.6 Å². The molecule has 0 saturated carbocycles. The van der Waals surface area contributed by atoms with Crippen molar-refractivity contribution in [2.24, 2.45) is 0 Å². The highest BCUT2D eigenvalue weighted by Gasteiger charge is 2.00. The van der Waals surface area contributed by atoms with Gasteiger partial charge in [-0.25, -0.2) is 0 Å². The van der Waals surface area contributed by atoms with Gasteiger partial charge in [0.1, 0.15) is 6.61 Å². The normalized spacial score (nSPS) is 10.5. The van der Waals surface area contributed by atoms with Crippen LogP contribution in [0.25, 0.3) is 0 Å². The van der Waals surface area contributed by atoms with Crippen LogP contribution in [0.4, 0.5) is 4.53 Å². The molecule has 1 amide bonds. The summed E-state index contributed by atoms with van der Waals surface area (Å²) in [6, 6.07) is 0.377. The Kier molecular flexibility index (Phi) is 7.53. The zero-order chi connectivity index (χ0) is 10.1. The number of carbonyl (C=O) groups excluding carboxylic acids is 1. The number of nitrogens with one attached hydrogen (secondary N) is 2. The van der Waals surface area contributed by atoms with E-state index in [1.165, 1.54) is 0 Å². The second kappa shape index (κ2) is 7.94. The molecule has 2 N–H and O–H groups in total. The van der Waals surface area contributed by atoms with Gasteiger partial charge in [0.15, 0.2) is 0 Å². The van der Waals surface area contributed by atoms with E-state index >= 15 is 0 Å². The van der Waals surface area contributed by atoms with Crippen LogP contribution in [0.15, 0.2) is 0 Å².